The third kappa shape index (κ3) is 5.08. The van der Waals surface area contributed by atoms with Gasteiger partial charge in [-0.25, -0.2) is 4.79 Å². The molecule has 0 atom stereocenters. The molecule has 1 aromatic rings. The summed E-state index contributed by atoms with van der Waals surface area (Å²) in [5.74, 6) is 0. The maximum absolute atomic E-state index is 12.0. The second-order valence-electron chi connectivity index (χ2n) is 4.28. The first-order valence-electron chi connectivity index (χ1n) is 6.77. The number of amides is 1. The van der Waals surface area contributed by atoms with E-state index in [2.05, 4.69) is 6.92 Å². The summed E-state index contributed by atoms with van der Waals surface area (Å²) in [5, 5.41) is 2.97. The molecule has 4 heteroatoms. The summed E-state index contributed by atoms with van der Waals surface area (Å²) < 4.78 is 5.23. The van der Waals surface area contributed by atoms with Crippen LogP contribution in [0, 0.1) is 0 Å². The van der Waals surface area contributed by atoms with Gasteiger partial charge in [-0.05, 0) is 30.4 Å². The summed E-state index contributed by atoms with van der Waals surface area (Å²) in [5.41, 5.74) is 0. The molecule has 18 heavy (non-hydrogen) atoms. The number of nitrogens with zero attached hydrogens (tertiary/aromatic N) is 1. The van der Waals surface area contributed by atoms with Crippen molar-refractivity contribution < 1.29 is 9.53 Å². The van der Waals surface area contributed by atoms with Crippen LogP contribution in [0.3, 0.4) is 0 Å². The van der Waals surface area contributed by atoms with Gasteiger partial charge in [0.1, 0.15) is 5.00 Å². The highest BCUT2D eigenvalue weighted by Gasteiger charge is 2.17. The molecule has 0 aliphatic heterocycles. The molecule has 0 N–H and O–H groups in total. The lowest BCUT2D eigenvalue weighted by Crippen LogP contribution is -2.32. The van der Waals surface area contributed by atoms with E-state index in [1.165, 1.54) is 19.3 Å². The molecule has 0 saturated heterocycles. The van der Waals surface area contributed by atoms with Crippen LogP contribution in [-0.4, -0.2) is 19.2 Å². The van der Waals surface area contributed by atoms with Crippen LogP contribution in [0.2, 0.25) is 0 Å². The number of ether oxygens (including phenoxy) is 1. The molecule has 102 valence electrons. The monoisotopic (exact) mass is 269 g/mol. The predicted octanol–water partition coefficient (Wildman–Crippen LogP) is 4.68. The quantitative estimate of drug-likeness (QED) is 0.641. The molecular formula is C14H23NO2S. The molecule has 1 heterocycles. The summed E-state index contributed by atoms with van der Waals surface area (Å²) in [7, 11) is 0. The standard InChI is InChI=1S/C14H23NO2S/c1-3-5-6-7-10-15(13-9-8-12-18-13)14(16)17-11-4-2/h8-9,12H,3-7,10-11H2,1-2H3. The van der Waals surface area contributed by atoms with Crippen molar-refractivity contribution >= 4 is 22.4 Å². The van der Waals surface area contributed by atoms with E-state index < -0.39 is 0 Å². The molecular weight excluding hydrogens is 246 g/mol. The van der Waals surface area contributed by atoms with E-state index in [1.54, 1.807) is 16.2 Å². The van der Waals surface area contributed by atoms with Crippen LogP contribution in [0.4, 0.5) is 9.80 Å². The molecule has 0 fully saturated rings. The van der Waals surface area contributed by atoms with Gasteiger partial charge < -0.3 is 4.74 Å². The van der Waals surface area contributed by atoms with Crippen LogP contribution in [-0.2, 0) is 4.74 Å². The van der Waals surface area contributed by atoms with Crippen molar-refractivity contribution in [2.45, 2.75) is 46.0 Å². The Labute approximate surface area is 114 Å². The minimum absolute atomic E-state index is 0.212. The number of anilines is 1. The van der Waals surface area contributed by atoms with E-state index in [0.29, 0.717) is 6.61 Å². The number of thiophene rings is 1. The van der Waals surface area contributed by atoms with E-state index in [-0.39, 0.29) is 6.09 Å². The van der Waals surface area contributed by atoms with Gasteiger partial charge >= 0.3 is 6.09 Å². The van der Waals surface area contributed by atoms with E-state index >= 15 is 0 Å². The lowest BCUT2D eigenvalue weighted by molar-refractivity contribution is 0.153. The Balaban J connectivity index is 2.50. The molecule has 0 aromatic carbocycles. The van der Waals surface area contributed by atoms with Crippen LogP contribution in [0.25, 0.3) is 0 Å². The average Bonchev–Trinajstić information content (AvgIpc) is 2.89. The fourth-order valence-corrected chi connectivity index (χ4v) is 2.43. The highest BCUT2D eigenvalue weighted by atomic mass is 32.1. The summed E-state index contributed by atoms with van der Waals surface area (Å²) in [6.45, 7) is 5.44. The van der Waals surface area contributed by atoms with Crippen LogP contribution >= 0.6 is 11.3 Å². The van der Waals surface area contributed by atoms with Crippen molar-refractivity contribution in [3.8, 4) is 0 Å². The lowest BCUT2D eigenvalue weighted by Gasteiger charge is -2.20. The zero-order valence-corrected chi connectivity index (χ0v) is 12.2. The van der Waals surface area contributed by atoms with Gasteiger partial charge in [-0.1, -0.05) is 33.1 Å². The predicted molar refractivity (Wildman–Crippen MR) is 77.4 cm³/mol. The Morgan fingerprint density at radius 1 is 1.28 bits per heavy atom. The van der Waals surface area contributed by atoms with Crippen molar-refractivity contribution in [2.75, 3.05) is 18.1 Å². The molecule has 0 unspecified atom stereocenters. The van der Waals surface area contributed by atoms with Crippen LogP contribution in [0.15, 0.2) is 17.5 Å². The van der Waals surface area contributed by atoms with Crippen LogP contribution < -0.4 is 4.90 Å². The van der Waals surface area contributed by atoms with E-state index in [4.69, 9.17) is 4.74 Å². The number of carbonyl (C=O) groups excluding carboxylic acids is 1. The number of rotatable bonds is 8. The second-order valence-corrected chi connectivity index (χ2v) is 5.20. The SMILES string of the molecule is CCCCCCN(C(=O)OCCC)c1cccs1. The van der Waals surface area contributed by atoms with Gasteiger partial charge in [0.2, 0.25) is 0 Å². The van der Waals surface area contributed by atoms with Crippen molar-refractivity contribution in [1.82, 2.24) is 0 Å². The Kier molecular flexibility index (Phi) is 7.49. The number of hydrogen-bond donors (Lipinski definition) is 0. The van der Waals surface area contributed by atoms with Crippen molar-refractivity contribution in [2.24, 2.45) is 0 Å². The second kappa shape index (κ2) is 8.97. The molecule has 0 bridgehead atoms. The Hall–Kier alpha value is -1.03. The first kappa shape index (κ1) is 15.0. The minimum Gasteiger partial charge on any atom is -0.449 e. The van der Waals surface area contributed by atoms with Gasteiger partial charge in [0, 0.05) is 6.54 Å². The Bertz CT molecular complexity index is 325. The summed E-state index contributed by atoms with van der Waals surface area (Å²) in [4.78, 5) is 13.7. The van der Waals surface area contributed by atoms with Crippen molar-refractivity contribution in [3.63, 3.8) is 0 Å². The number of hydrogen-bond acceptors (Lipinski definition) is 3. The largest absolute Gasteiger partial charge is 0.449 e. The zero-order valence-electron chi connectivity index (χ0n) is 11.4. The number of carbonyl (C=O) groups is 1. The van der Waals surface area contributed by atoms with Gasteiger partial charge in [-0.3, -0.25) is 4.90 Å². The first-order chi connectivity index (χ1) is 8.79. The highest BCUT2D eigenvalue weighted by molar-refractivity contribution is 7.14. The highest BCUT2D eigenvalue weighted by Crippen LogP contribution is 2.22. The van der Waals surface area contributed by atoms with Gasteiger partial charge in [0.25, 0.3) is 0 Å². The normalized spacial score (nSPS) is 10.3. The average molecular weight is 269 g/mol. The number of unbranched alkanes of at least 4 members (excludes halogenated alkanes) is 3. The molecule has 0 aliphatic carbocycles. The summed E-state index contributed by atoms with van der Waals surface area (Å²) in [6, 6.07) is 3.93. The van der Waals surface area contributed by atoms with E-state index in [0.717, 1.165) is 24.4 Å². The van der Waals surface area contributed by atoms with Gasteiger partial charge in [-0.15, -0.1) is 11.3 Å². The molecule has 0 saturated carbocycles. The van der Waals surface area contributed by atoms with Crippen LogP contribution in [0.1, 0.15) is 46.0 Å². The van der Waals surface area contributed by atoms with Gasteiger partial charge in [-0.2, -0.15) is 0 Å². The third-order valence-corrected chi connectivity index (χ3v) is 3.55. The van der Waals surface area contributed by atoms with E-state index in [1.807, 2.05) is 24.4 Å². The lowest BCUT2D eigenvalue weighted by atomic mass is 10.2. The van der Waals surface area contributed by atoms with Crippen LogP contribution in [0.5, 0.6) is 0 Å². The Morgan fingerprint density at radius 3 is 2.72 bits per heavy atom. The molecule has 0 spiro atoms. The van der Waals surface area contributed by atoms with Gasteiger partial charge in [0.05, 0.1) is 6.61 Å². The molecule has 1 aromatic heterocycles. The topological polar surface area (TPSA) is 29.5 Å². The molecule has 3 nitrogen and oxygen atoms in total. The molecule has 0 radical (unpaired) electrons. The summed E-state index contributed by atoms with van der Waals surface area (Å²) in [6.07, 6.45) is 5.28. The molecule has 0 aliphatic rings. The maximum atomic E-state index is 12.0. The smallest absolute Gasteiger partial charge is 0.414 e. The molecule has 1 amide bonds. The maximum Gasteiger partial charge on any atom is 0.414 e. The first-order valence-corrected chi connectivity index (χ1v) is 7.65. The molecule has 1 rings (SSSR count). The minimum atomic E-state index is -0.212. The summed E-state index contributed by atoms with van der Waals surface area (Å²) >= 11 is 1.58. The zero-order chi connectivity index (χ0) is 13.2. The van der Waals surface area contributed by atoms with Gasteiger partial charge in [0.15, 0.2) is 0 Å². The van der Waals surface area contributed by atoms with Crippen molar-refractivity contribution in [1.29, 1.82) is 0 Å². The fourth-order valence-electron chi connectivity index (χ4n) is 1.68. The third-order valence-electron chi connectivity index (χ3n) is 2.66. The Morgan fingerprint density at radius 2 is 2.11 bits per heavy atom. The van der Waals surface area contributed by atoms with E-state index in [9.17, 15) is 4.79 Å². The fraction of sp³-hybridized carbons (Fsp3) is 0.643. The van der Waals surface area contributed by atoms with Crippen molar-refractivity contribution in [3.05, 3.63) is 17.5 Å².